The Hall–Kier alpha value is -1.82. The summed E-state index contributed by atoms with van der Waals surface area (Å²) < 4.78 is 5.07. The molecule has 0 saturated heterocycles. The second-order valence-corrected chi connectivity index (χ2v) is 4.62. The van der Waals surface area contributed by atoms with Crippen molar-refractivity contribution >= 4 is 17.6 Å². The molecule has 0 aliphatic heterocycles. The maximum atomic E-state index is 5.67. The minimum atomic E-state index is 0.489. The van der Waals surface area contributed by atoms with Gasteiger partial charge < -0.3 is 10.5 Å². The average molecular weight is 262 g/mol. The predicted octanol–water partition coefficient (Wildman–Crippen LogP) is 2.06. The van der Waals surface area contributed by atoms with Crippen LogP contribution in [0.1, 0.15) is 11.4 Å². The predicted molar refractivity (Wildman–Crippen MR) is 71.5 cm³/mol. The summed E-state index contributed by atoms with van der Waals surface area (Å²) in [4.78, 5) is 12.8. The van der Waals surface area contributed by atoms with Crippen LogP contribution in [0.2, 0.25) is 0 Å². The van der Waals surface area contributed by atoms with Gasteiger partial charge in [0.25, 0.3) is 0 Å². The van der Waals surface area contributed by atoms with E-state index in [9.17, 15) is 0 Å². The molecule has 94 valence electrons. The summed E-state index contributed by atoms with van der Waals surface area (Å²) in [5.74, 6) is 1.78. The molecule has 0 saturated carbocycles. The first kappa shape index (κ1) is 12.6. The number of pyridine rings is 1. The summed E-state index contributed by atoms with van der Waals surface area (Å²) in [6, 6.07) is 7.41. The number of thioether (sulfide) groups is 1. The molecule has 6 heteroatoms. The third-order valence-corrected chi connectivity index (χ3v) is 3.07. The van der Waals surface area contributed by atoms with Crippen molar-refractivity contribution in [3.05, 3.63) is 35.7 Å². The highest BCUT2D eigenvalue weighted by Gasteiger charge is 2.03. The van der Waals surface area contributed by atoms with Gasteiger partial charge in [-0.15, -0.1) is 0 Å². The van der Waals surface area contributed by atoms with Crippen molar-refractivity contribution in [2.24, 2.45) is 0 Å². The van der Waals surface area contributed by atoms with Crippen molar-refractivity contribution in [3.63, 3.8) is 0 Å². The fourth-order valence-corrected chi connectivity index (χ4v) is 2.24. The average Bonchev–Trinajstić information content (AvgIpc) is 2.35. The Bertz CT molecular complexity index is 527. The number of aromatic nitrogens is 3. The van der Waals surface area contributed by atoms with Crippen LogP contribution in [0.15, 0.2) is 29.4 Å². The van der Waals surface area contributed by atoms with Crippen molar-refractivity contribution in [3.8, 4) is 5.88 Å². The summed E-state index contributed by atoms with van der Waals surface area (Å²) >= 11 is 1.50. The van der Waals surface area contributed by atoms with Crippen LogP contribution in [0.3, 0.4) is 0 Å². The largest absolute Gasteiger partial charge is 0.481 e. The molecular weight excluding hydrogens is 248 g/mol. The molecule has 2 rings (SSSR count). The third-order valence-electron chi connectivity index (χ3n) is 2.19. The Morgan fingerprint density at radius 3 is 2.83 bits per heavy atom. The van der Waals surface area contributed by atoms with Gasteiger partial charge >= 0.3 is 0 Å². The van der Waals surface area contributed by atoms with Gasteiger partial charge in [0.2, 0.25) is 5.88 Å². The van der Waals surface area contributed by atoms with E-state index in [-0.39, 0.29) is 0 Å². The van der Waals surface area contributed by atoms with E-state index in [4.69, 9.17) is 10.5 Å². The molecule has 2 aromatic heterocycles. The van der Waals surface area contributed by atoms with Crippen molar-refractivity contribution in [1.82, 2.24) is 15.0 Å². The fraction of sp³-hybridized carbons (Fsp3) is 0.250. The lowest BCUT2D eigenvalue weighted by Gasteiger charge is -2.04. The summed E-state index contributed by atoms with van der Waals surface area (Å²) in [5, 5.41) is 0.664. The molecule has 0 aromatic carbocycles. The maximum absolute atomic E-state index is 5.67. The topological polar surface area (TPSA) is 73.9 Å². The first-order chi connectivity index (χ1) is 8.67. The van der Waals surface area contributed by atoms with Crippen molar-refractivity contribution in [2.75, 3.05) is 12.8 Å². The molecule has 0 unspecified atom stereocenters. The Morgan fingerprint density at radius 1 is 1.28 bits per heavy atom. The lowest BCUT2D eigenvalue weighted by molar-refractivity contribution is 0.397. The normalized spacial score (nSPS) is 10.3. The molecule has 2 heterocycles. The van der Waals surface area contributed by atoms with Crippen LogP contribution in [0, 0.1) is 6.92 Å². The van der Waals surface area contributed by atoms with Crippen LogP contribution in [-0.2, 0) is 5.75 Å². The Kier molecular flexibility index (Phi) is 3.99. The Balaban J connectivity index is 2.06. The number of nitrogens with zero attached hydrogens (tertiary/aromatic N) is 3. The summed E-state index contributed by atoms with van der Waals surface area (Å²) in [6.07, 6.45) is 0. The molecule has 0 aliphatic rings. The minimum absolute atomic E-state index is 0.489. The van der Waals surface area contributed by atoms with Gasteiger partial charge in [-0.1, -0.05) is 17.8 Å². The first-order valence-electron chi connectivity index (χ1n) is 5.41. The zero-order chi connectivity index (χ0) is 13.0. The molecule has 2 N–H and O–H groups in total. The van der Waals surface area contributed by atoms with E-state index < -0.39 is 0 Å². The van der Waals surface area contributed by atoms with Gasteiger partial charge in [-0.25, -0.2) is 15.0 Å². The molecule has 0 bridgehead atoms. The van der Waals surface area contributed by atoms with Gasteiger partial charge in [0.1, 0.15) is 5.82 Å². The number of aryl methyl sites for hydroxylation is 1. The Morgan fingerprint density at radius 2 is 2.11 bits per heavy atom. The van der Waals surface area contributed by atoms with E-state index in [2.05, 4.69) is 15.0 Å². The van der Waals surface area contributed by atoms with E-state index >= 15 is 0 Å². The molecule has 0 amide bonds. The van der Waals surface area contributed by atoms with Crippen LogP contribution in [0.4, 0.5) is 5.82 Å². The van der Waals surface area contributed by atoms with Crippen LogP contribution in [0.5, 0.6) is 5.88 Å². The van der Waals surface area contributed by atoms with Gasteiger partial charge in [-0.3, -0.25) is 0 Å². The third kappa shape index (κ3) is 3.33. The van der Waals surface area contributed by atoms with E-state index in [1.54, 1.807) is 13.2 Å². The quantitative estimate of drug-likeness (QED) is 0.671. The summed E-state index contributed by atoms with van der Waals surface area (Å²) in [6.45, 7) is 1.89. The SMILES string of the molecule is COc1cccc(CSc2nc(C)cc(N)n2)n1. The molecular formula is C12H14N4OS. The summed E-state index contributed by atoms with van der Waals surface area (Å²) in [7, 11) is 1.60. The van der Waals surface area contributed by atoms with Gasteiger partial charge in [0.15, 0.2) is 5.16 Å². The van der Waals surface area contributed by atoms with Gasteiger partial charge in [0.05, 0.1) is 12.8 Å². The highest BCUT2D eigenvalue weighted by Crippen LogP contribution is 2.20. The van der Waals surface area contributed by atoms with Crippen molar-refractivity contribution < 1.29 is 4.74 Å². The van der Waals surface area contributed by atoms with E-state index in [1.165, 1.54) is 11.8 Å². The van der Waals surface area contributed by atoms with Crippen molar-refractivity contribution in [2.45, 2.75) is 17.8 Å². The highest BCUT2D eigenvalue weighted by atomic mass is 32.2. The second-order valence-electron chi connectivity index (χ2n) is 3.68. The number of hydrogen-bond acceptors (Lipinski definition) is 6. The first-order valence-corrected chi connectivity index (χ1v) is 6.40. The van der Waals surface area contributed by atoms with E-state index in [1.807, 2.05) is 25.1 Å². The lowest BCUT2D eigenvalue weighted by Crippen LogP contribution is -1.97. The number of rotatable bonds is 4. The zero-order valence-electron chi connectivity index (χ0n) is 10.3. The Labute approximate surface area is 110 Å². The molecule has 0 atom stereocenters. The molecule has 5 nitrogen and oxygen atoms in total. The number of hydrogen-bond donors (Lipinski definition) is 1. The van der Waals surface area contributed by atoms with Gasteiger partial charge in [0, 0.05) is 23.6 Å². The molecule has 0 aliphatic carbocycles. The van der Waals surface area contributed by atoms with Crippen molar-refractivity contribution in [1.29, 1.82) is 0 Å². The number of nitrogen functional groups attached to an aromatic ring is 1. The van der Waals surface area contributed by atoms with Gasteiger partial charge in [-0.05, 0) is 13.0 Å². The van der Waals surface area contributed by atoms with Crippen LogP contribution >= 0.6 is 11.8 Å². The second kappa shape index (κ2) is 5.68. The lowest BCUT2D eigenvalue weighted by atomic mass is 10.4. The van der Waals surface area contributed by atoms with Gasteiger partial charge in [-0.2, -0.15) is 0 Å². The minimum Gasteiger partial charge on any atom is -0.481 e. The maximum Gasteiger partial charge on any atom is 0.213 e. The zero-order valence-corrected chi connectivity index (χ0v) is 11.1. The molecule has 0 fully saturated rings. The summed E-state index contributed by atoms with van der Waals surface area (Å²) in [5.41, 5.74) is 7.46. The van der Waals surface area contributed by atoms with E-state index in [0.29, 0.717) is 22.6 Å². The van der Waals surface area contributed by atoms with Crippen LogP contribution in [0.25, 0.3) is 0 Å². The molecule has 2 aromatic rings. The number of ether oxygens (including phenoxy) is 1. The smallest absolute Gasteiger partial charge is 0.213 e. The number of methoxy groups -OCH3 is 1. The van der Waals surface area contributed by atoms with Crippen LogP contribution < -0.4 is 10.5 Å². The number of nitrogens with two attached hydrogens (primary N) is 1. The molecule has 18 heavy (non-hydrogen) atoms. The standard InChI is InChI=1S/C12H14N4OS/c1-8-6-10(13)16-12(14-8)18-7-9-4-3-5-11(15-9)17-2/h3-6H,7H2,1-2H3,(H2,13,14,16). The monoisotopic (exact) mass is 262 g/mol. The van der Waals surface area contributed by atoms with E-state index in [0.717, 1.165) is 11.4 Å². The van der Waals surface area contributed by atoms with Crippen LogP contribution in [-0.4, -0.2) is 22.1 Å². The number of anilines is 1. The molecule has 0 radical (unpaired) electrons. The molecule has 0 spiro atoms. The highest BCUT2D eigenvalue weighted by molar-refractivity contribution is 7.98. The fourth-order valence-electron chi connectivity index (χ4n) is 1.42.